The first kappa shape index (κ1) is 17.6. The molecule has 0 aliphatic heterocycles. The Hall–Kier alpha value is -1.44. The van der Waals surface area contributed by atoms with Crippen LogP contribution >= 0.6 is 0 Å². The number of esters is 1. The molecule has 0 fully saturated rings. The molecule has 7 nitrogen and oxygen atoms in total. The van der Waals surface area contributed by atoms with Gasteiger partial charge in [0.2, 0.25) is 6.41 Å². The summed E-state index contributed by atoms with van der Waals surface area (Å²) in [7, 11) is 0. The van der Waals surface area contributed by atoms with E-state index in [1.54, 1.807) is 23.9 Å². The Bertz CT molecular complexity index is 453. The highest BCUT2D eigenvalue weighted by Gasteiger charge is 2.20. The van der Waals surface area contributed by atoms with E-state index >= 15 is 0 Å². The maximum atomic E-state index is 11.8. The minimum absolute atomic E-state index is 0.141. The molecule has 0 bridgehead atoms. The van der Waals surface area contributed by atoms with E-state index in [1.807, 2.05) is 27.7 Å². The quantitative estimate of drug-likeness (QED) is 0.583. The Morgan fingerprint density at radius 1 is 1.52 bits per heavy atom. The maximum absolute atomic E-state index is 11.8. The number of rotatable bonds is 7. The smallest absolute Gasteiger partial charge is 0.356 e. The zero-order valence-electron chi connectivity index (χ0n) is 13.3. The summed E-state index contributed by atoms with van der Waals surface area (Å²) in [6.07, 6.45) is 0.472. The van der Waals surface area contributed by atoms with Gasteiger partial charge in [-0.25, -0.2) is 4.79 Å². The normalized spacial score (nSPS) is 14.8. The first-order chi connectivity index (χ1) is 9.74. The van der Waals surface area contributed by atoms with E-state index in [4.69, 9.17) is 9.47 Å². The van der Waals surface area contributed by atoms with Crippen LogP contribution in [0.4, 0.5) is 0 Å². The van der Waals surface area contributed by atoms with Gasteiger partial charge in [0.05, 0.1) is 18.2 Å². The fourth-order valence-electron chi connectivity index (χ4n) is 1.77. The van der Waals surface area contributed by atoms with Gasteiger partial charge in [0.15, 0.2) is 0 Å². The second-order valence-electron chi connectivity index (χ2n) is 5.72. The number of nitrogens with zero attached hydrogens (tertiary/aromatic N) is 2. The molecule has 120 valence electrons. The number of carbonyl (C=O) groups excluding carboxylic acids is 1. The molecule has 1 aromatic heterocycles. The Morgan fingerprint density at radius 2 is 2.19 bits per heavy atom. The summed E-state index contributed by atoms with van der Waals surface area (Å²) >= 11 is 0. The van der Waals surface area contributed by atoms with Gasteiger partial charge in [-0.3, -0.25) is 10.00 Å². The van der Waals surface area contributed by atoms with E-state index in [-0.39, 0.29) is 6.04 Å². The van der Waals surface area contributed by atoms with E-state index < -0.39 is 18.0 Å². The van der Waals surface area contributed by atoms with Crippen molar-refractivity contribution in [1.82, 2.24) is 15.1 Å². The summed E-state index contributed by atoms with van der Waals surface area (Å²) in [5.74, 6) is -0.409. The minimum Gasteiger partial charge on any atom is -0.461 e. The summed E-state index contributed by atoms with van der Waals surface area (Å²) in [6.45, 7) is 9.91. The van der Waals surface area contributed by atoms with Gasteiger partial charge in [0.25, 0.3) is 0 Å². The molecule has 0 saturated carbocycles. The molecule has 0 amide bonds. The van der Waals surface area contributed by atoms with Crippen molar-refractivity contribution in [2.45, 2.75) is 52.7 Å². The van der Waals surface area contributed by atoms with Gasteiger partial charge >= 0.3 is 5.97 Å². The molecule has 0 aromatic carbocycles. The molecule has 1 aromatic rings. The lowest BCUT2D eigenvalue weighted by atomic mass is 10.2. The SMILES string of the molecule is CCOC(=O)c1ccnn1C(C)CNC(O)OC(C)(C)C. The van der Waals surface area contributed by atoms with Crippen LogP contribution < -0.4 is 5.32 Å². The molecular weight excluding hydrogens is 274 g/mol. The van der Waals surface area contributed by atoms with Crippen LogP contribution in [0.5, 0.6) is 0 Å². The van der Waals surface area contributed by atoms with Crippen molar-refractivity contribution in [3.8, 4) is 0 Å². The predicted octanol–water partition coefficient (Wildman–Crippen LogP) is 1.30. The Morgan fingerprint density at radius 3 is 2.76 bits per heavy atom. The van der Waals surface area contributed by atoms with Crippen molar-refractivity contribution in [3.63, 3.8) is 0 Å². The lowest BCUT2D eigenvalue weighted by Gasteiger charge is -2.25. The van der Waals surface area contributed by atoms with Crippen molar-refractivity contribution in [2.24, 2.45) is 0 Å². The van der Waals surface area contributed by atoms with Gasteiger partial charge in [-0.15, -0.1) is 0 Å². The van der Waals surface area contributed by atoms with E-state index in [9.17, 15) is 9.90 Å². The van der Waals surface area contributed by atoms with Crippen LogP contribution in [0, 0.1) is 0 Å². The number of hydrogen-bond donors (Lipinski definition) is 2. The van der Waals surface area contributed by atoms with Crippen molar-refractivity contribution in [1.29, 1.82) is 0 Å². The number of aliphatic hydroxyl groups excluding tert-OH is 1. The molecule has 21 heavy (non-hydrogen) atoms. The van der Waals surface area contributed by atoms with Gasteiger partial charge in [-0.05, 0) is 40.7 Å². The molecule has 2 atom stereocenters. The van der Waals surface area contributed by atoms with Gasteiger partial charge in [-0.2, -0.15) is 5.10 Å². The maximum Gasteiger partial charge on any atom is 0.356 e. The molecule has 0 saturated heterocycles. The number of nitrogens with one attached hydrogen (secondary N) is 1. The van der Waals surface area contributed by atoms with Crippen LogP contribution in [0.2, 0.25) is 0 Å². The number of carbonyl (C=O) groups is 1. The molecule has 7 heteroatoms. The largest absolute Gasteiger partial charge is 0.461 e. The molecular formula is C14H25N3O4. The Labute approximate surface area is 125 Å². The van der Waals surface area contributed by atoms with E-state index in [0.29, 0.717) is 18.8 Å². The van der Waals surface area contributed by atoms with Crippen molar-refractivity contribution >= 4 is 5.97 Å². The number of aromatic nitrogens is 2. The Balaban J connectivity index is 2.58. The summed E-state index contributed by atoms with van der Waals surface area (Å²) < 4.78 is 11.9. The third kappa shape index (κ3) is 5.82. The molecule has 0 spiro atoms. The molecule has 0 aliphatic rings. The molecule has 2 unspecified atom stereocenters. The third-order valence-corrected chi connectivity index (χ3v) is 2.63. The number of hydrogen-bond acceptors (Lipinski definition) is 6. The van der Waals surface area contributed by atoms with E-state index in [2.05, 4.69) is 10.4 Å². The highest BCUT2D eigenvalue weighted by molar-refractivity contribution is 5.87. The summed E-state index contributed by atoms with van der Waals surface area (Å²) in [6, 6.07) is 1.47. The number of aliphatic hydroxyl groups is 1. The van der Waals surface area contributed by atoms with Gasteiger partial charge in [0.1, 0.15) is 5.69 Å². The third-order valence-electron chi connectivity index (χ3n) is 2.63. The fourth-order valence-corrected chi connectivity index (χ4v) is 1.77. The monoisotopic (exact) mass is 299 g/mol. The molecule has 1 heterocycles. The van der Waals surface area contributed by atoms with Gasteiger partial charge in [-0.1, -0.05) is 0 Å². The summed E-state index contributed by atoms with van der Waals surface area (Å²) in [5, 5.41) is 16.7. The van der Waals surface area contributed by atoms with Gasteiger partial charge < -0.3 is 14.6 Å². The highest BCUT2D eigenvalue weighted by atomic mass is 16.6. The number of ether oxygens (including phenoxy) is 2. The first-order valence-corrected chi connectivity index (χ1v) is 7.04. The van der Waals surface area contributed by atoms with E-state index in [1.165, 1.54) is 0 Å². The van der Waals surface area contributed by atoms with Crippen LogP contribution in [0.15, 0.2) is 12.3 Å². The summed E-state index contributed by atoms with van der Waals surface area (Å²) in [4.78, 5) is 11.8. The molecule has 0 aliphatic carbocycles. The minimum atomic E-state index is -1.07. The zero-order chi connectivity index (χ0) is 16.0. The van der Waals surface area contributed by atoms with Crippen molar-refractivity contribution < 1.29 is 19.4 Å². The Kier molecular flexibility index (Phi) is 6.32. The molecule has 2 N–H and O–H groups in total. The average molecular weight is 299 g/mol. The predicted molar refractivity (Wildman–Crippen MR) is 77.7 cm³/mol. The van der Waals surface area contributed by atoms with Crippen LogP contribution in [0.25, 0.3) is 0 Å². The van der Waals surface area contributed by atoms with Crippen LogP contribution in [-0.4, -0.2) is 46.0 Å². The second-order valence-corrected chi connectivity index (χ2v) is 5.72. The zero-order valence-corrected chi connectivity index (χ0v) is 13.3. The topological polar surface area (TPSA) is 85.6 Å². The summed E-state index contributed by atoms with van der Waals surface area (Å²) in [5.41, 5.74) is -0.0605. The van der Waals surface area contributed by atoms with Crippen molar-refractivity contribution in [2.75, 3.05) is 13.2 Å². The average Bonchev–Trinajstić information content (AvgIpc) is 2.83. The van der Waals surface area contributed by atoms with Crippen LogP contribution in [0.3, 0.4) is 0 Å². The van der Waals surface area contributed by atoms with Gasteiger partial charge in [0, 0.05) is 12.7 Å². The molecule has 0 radical (unpaired) electrons. The fraction of sp³-hybridized carbons (Fsp3) is 0.714. The van der Waals surface area contributed by atoms with Crippen LogP contribution in [0.1, 0.15) is 51.1 Å². The first-order valence-electron chi connectivity index (χ1n) is 7.04. The van der Waals surface area contributed by atoms with E-state index in [0.717, 1.165) is 0 Å². The lowest BCUT2D eigenvalue weighted by molar-refractivity contribution is -0.182. The lowest BCUT2D eigenvalue weighted by Crippen LogP contribution is -2.40. The highest BCUT2D eigenvalue weighted by Crippen LogP contribution is 2.11. The van der Waals surface area contributed by atoms with Crippen LogP contribution in [-0.2, 0) is 9.47 Å². The standard InChI is InChI=1S/C14H25N3O4/c1-6-20-12(18)11-7-8-16-17(11)10(2)9-15-13(19)21-14(3,4)5/h7-8,10,13,15,19H,6,9H2,1-5H3. The second kappa shape index (κ2) is 7.53. The molecule has 1 rings (SSSR count). The van der Waals surface area contributed by atoms with Crippen molar-refractivity contribution in [3.05, 3.63) is 18.0 Å².